The second kappa shape index (κ2) is 14.2. The zero-order chi connectivity index (χ0) is 27.3. The summed E-state index contributed by atoms with van der Waals surface area (Å²) in [5.74, 6) is -1.04. The number of benzene rings is 2. The van der Waals surface area contributed by atoms with Gasteiger partial charge < -0.3 is 32.6 Å². The summed E-state index contributed by atoms with van der Waals surface area (Å²) in [6, 6.07) is 17.4. The molecule has 0 aliphatic heterocycles. The first-order valence-electron chi connectivity index (χ1n) is 11.9. The van der Waals surface area contributed by atoms with Crippen molar-refractivity contribution in [1.82, 2.24) is 10.3 Å². The maximum Gasteiger partial charge on any atom is 0.328 e. The van der Waals surface area contributed by atoms with Gasteiger partial charge in [-0.25, -0.2) is 9.78 Å². The highest BCUT2D eigenvalue weighted by Crippen LogP contribution is 2.30. The lowest BCUT2D eigenvalue weighted by Gasteiger charge is -2.12. The molecular formula is C26H30N8O4. The molecule has 0 bridgehead atoms. The largest absolute Gasteiger partial charge is 0.423 e. The molecule has 2 amide bonds. The normalized spacial score (nSPS) is 11.6. The van der Waals surface area contributed by atoms with Gasteiger partial charge in [0.2, 0.25) is 5.91 Å². The van der Waals surface area contributed by atoms with Gasteiger partial charge in [-0.2, -0.15) is 0 Å². The van der Waals surface area contributed by atoms with Crippen molar-refractivity contribution >= 4 is 40.8 Å². The quantitative estimate of drug-likeness (QED) is 0.104. The molecule has 0 saturated heterocycles. The number of nitrogens with zero attached hydrogens (tertiary/aromatic N) is 3. The average Bonchev–Trinajstić information content (AvgIpc) is 2.92. The van der Waals surface area contributed by atoms with Gasteiger partial charge >= 0.3 is 5.97 Å². The number of hydrogen-bond donors (Lipinski definition) is 5. The SMILES string of the molecule is NCCCC[C@H](N)C(=O)Oc1ccccc1/N=N/c1ccc(NC(=O)CNC(=O)c2ccccc2)nc1N. The number of nitrogens with one attached hydrogen (secondary N) is 2. The first kappa shape index (κ1) is 27.9. The number of azo groups is 1. The lowest BCUT2D eigenvalue weighted by molar-refractivity contribution is -0.136. The van der Waals surface area contributed by atoms with E-state index in [1.165, 1.54) is 12.1 Å². The minimum Gasteiger partial charge on any atom is -0.423 e. The fraction of sp³-hybridized carbons (Fsp3) is 0.231. The molecule has 3 aromatic rings. The summed E-state index contributed by atoms with van der Waals surface area (Å²) in [5, 5.41) is 13.3. The number of para-hydroxylation sites is 1. The van der Waals surface area contributed by atoms with Gasteiger partial charge in [0.1, 0.15) is 23.2 Å². The van der Waals surface area contributed by atoms with E-state index in [9.17, 15) is 14.4 Å². The summed E-state index contributed by atoms with van der Waals surface area (Å²) in [7, 11) is 0. The summed E-state index contributed by atoms with van der Waals surface area (Å²) in [4.78, 5) is 40.7. The minimum atomic E-state index is -0.777. The number of rotatable bonds is 12. The molecule has 0 fully saturated rings. The van der Waals surface area contributed by atoms with E-state index in [4.69, 9.17) is 21.9 Å². The summed E-state index contributed by atoms with van der Waals surface area (Å²) >= 11 is 0. The molecule has 1 aromatic heterocycles. The predicted molar refractivity (Wildman–Crippen MR) is 143 cm³/mol. The Morgan fingerprint density at radius 2 is 1.63 bits per heavy atom. The lowest BCUT2D eigenvalue weighted by atomic mass is 10.1. The number of pyridine rings is 1. The number of nitrogens with two attached hydrogens (primary N) is 3. The highest BCUT2D eigenvalue weighted by atomic mass is 16.5. The van der Waals surface area contributed by atoms with Gasteiger partial charge in [0.05, 0.1) is 6.54 Å². The average molecular weight is 519 g/mol. The van der Waals surface area contributed by atoms with Crippen molar-refractivity contribution in [2.45, 2.75) is 25.3 Å². The number of carbonyl (C=O) groups is 3. The van der Waals surface area contributed by atoms with E-state index >= 15 is 0 Å². The van der Waals surface area contributed by atoms with Gasteiger partial charge in [-0.3, -0.25) is 9.59 Å². The predicted octanol–water partition coefficient (Wildman–Crippen LogP) is 2.81. The van der Waals surface area contributed by atoms with Gasteiger partial charge in [0.15, 0.2) is 11.6 Å². The summed E-state index contributed by atoms with van der Waals surface area (Å²) in [6.45, 7) is 0.284. The number of aromatic nitrogens is 1. The van der Waals surface area contributed by atoms with E-state index in [-0.39, 0.29) is 35.5 Å². The third kappa shape index (κ3) is 8.47. The molecule has 12 heteroatoms. The number of nitrogen functional groups attached to an aromatic ring is 1. The third-order valence-electron chi connectivity index (χ3n) is 5.23. The van der Waals surface area contributed by atoms with Crippen LogP contribution in [0.2, 0.25) is 0 Å². The summed E-state index contributed by atoms with van der Waals surface area (Å²) in [6.07, 6.45) is 1.96. The first-order valence-corrected chi connectivity index (χ1v) is 11.9. The molecule has 3 rings (SSSR count). The number of anilines is 2. The minimum absolute atomic E-state index is 0.0104. The van der Waals surface area contributed by atoms with E-state index in [2.05, 4.69) is 25.8 Å². The monoisotopic (exact) mass is 518 g/mol. The van der Waals surface area contributed by atoms with Crippen LogP contribution < -0.4 is 32.6 Å². The number of carbonyl (C=O) groups excluding carboxylic acids is 3. The topological polar surface area (TPSA) is 200 Å². The van der Waals surface area contributed by atoms with Gasteiger partial charge in [-0.05, 0) is 55.8 Å². The van der Waals surface area contributed by atoms with Crippen molar-refractivity contribution in [3.63, 3.8) is 0 Å². The highest BCUT2D eigenvalue weighted by molar-refractivity contribution is 5.99. The maximum absolute atomic E-state index is 12.3. The van der Waals surface area contributed by atoms with Crippen LogP contribution >= 0.6 is 0 Å². The molecule has 0 unspecified atom stereocenters. The highest BCUT2D eigenvalue weighted by Gasteiger charge is 2.17. The number of ether oxygens (including phenoxy) is 1. The van der Waals surface area contributed by atoms with Crippen molar-refractivity contribution < 1.29 is 19.1 Å². The van der Waals surface area contributed by atoms with Crippen LogP contribution in [0.3, 0.4) is 0 Å². The Morgan fingerprint density at radius 3 is 2.37 bits per heavy atom. The Bertz CT molecular complexity index is 1280. The fourth-order valence-corrected chi connectivity index (χ4v) is 3.21. The Hall–Kier alpha value is -4.68. The van der Waals surface area contributed by atoms with E-state index in [1.54, 1.807) is 54.6 Å². The van der Waals surface area contributed by atoms with Gasteiger partial charge in [-0.15, -0.1) is 10.2 Å². The van der Waals surface area contributed by atoms with Crippen LogP contribution in [-0.2, 0) is 9.59 Å². The van der Waals surface area contributed by atoms with Crippen molar-refractivity contribution in [3.05, 3.63) is 72.3 Å². The number of amides is 2. The van der Waals surface area contributed by atoms with Crippen molar-refractivity contribution in [1.29, 1.82) is 0 Å². The van der Waals surface area contributed by atoms with E-state index in [1.807, 2.05) is 0 Å². The van der Waals surface area contributed by atoms with E-state index in [0.717, 1.165) is 12.8 Å². The molecular weight excluding hydrogens is 488 g/mol. The van der Waals surface area contributed by atoms with E-state index < -0.39 is 17.9 Å². The molecule has 1 atom stereocenters. The Balaban J connectivity index is 1.58. The second-order valence-corrected chi connectivity index (χ2v) is 8.18. The molecule has 0 aliphatic carbocycles. The number of esters is 1. The zero-order valence-corrected chi connectivity index (χ0v) is 20.7. The molecule has 12 nitrogen and oxygen atoms in total. The fourth-order valence-electron chi connectivity index (χ4n) is 3.21. The van der Waals surface area contributed by atoms with Gasteiger partial charge in [0, 0.05) is 5.56 Å². The summed E-state index contributed by atoms with van der Waals surface area (Å²) < 4.78 is 5.41. The molecule has 38 heavy (non-hydrogen) atoms. The number of hydrogen-bond acceptors (Lipinski definition) is 10. The van der Waals surface area contributed by atoms with Crippen LogP contribution in [0.1, 0.15) is 29.6 Å². The van der Waals surface area contributed by atoms with Crippen LogP contribution in [0.15, 0.2) is 77.0 Å². The van der Waals surface area contributed by atoms with Crippen LogP contribution in [0.25, 0.3) is 0 Å². The maximum atomic E-state index is 12.3. The standard InChI is InChI=1S/C26H30N8O4/c27-15-7-6-10-18(28)26(37)38-21-12-5-4-11-19(21)33-34-20-13-14-22(32-24(20)29)31-23(35)16-30-25(36)17-8-2-1-3-9-17/h1-5,8-9,11-14,18H,6-7,10,15-16,27-28H2,(H,30,36)(H3,29,31,32,35)/b34-33+/t18-/m0/s1. The van der Waals surface area contributed by atoms with Crippen molar-refractivity contribution in [3.8, 4) is 5.75 Å². The zero-order valence-electron chi connectivity index (χ0n) is 20.7. The van der Waals surface area contributed by atoms with Crippen molar-refractivity contribution in [2.75, 3.05) is 24.1 Å². The van der Waals surface area contributed by atoms with Crippen LogP contribution in [0, 0.1) is 0 Å². The summed E-state index contributed by atoms with van der Waals surface area (Å²) in [5.41, 5.74) is 18.3. The van der Waals surface area contributed by atoms with Crippen LogP contribution in [-0.4, -0.2) is 41.9 Å². The molecule has 1 heterocycles. The molecule has 2 aromatic carbocycles. The van der Waals surface area contributed by atoms with Gasteiger partial charge in [0.25, 0.3) is 5.91 Å². The van der Waals surface area contributed by atoms with Gasteiger partial charge in [-0.1, -0.05) is 36.8 Å². The molecule has 0 spiro atoms. The first-order chi connectivity index (χ1) is 18.4. The second-order valence-electron chi connectivity index (χ2n) is 8.18. The molecule has 0 aliphatic rings. The Kier molecular flexibility index (Phi) is 10.4. The van der Waals surface area contributed by atoms with E-state index in [0.29, 0.717) is 24.2 Å². The molecule has 8 N–H and O–H groups in total. The third-order valence-corrected chi connectivity index (χ3v) is 5.23. The number of unbranched alkanes of at least 4 members (excludes halogenated alkanes) is 1. The Labute approximate surface area is 219 Å². The van der Waals surface area contributed by atoms with Crippen molar-refractivity contribution in [2.24, 2.45) is 21.7 Å². The smallest absolute Gasteiger partial charge is 0.328 e. The molecule has 0 saturated carbocycles. The van der Waals surface area contributed by atoms with Crippen LogP contribution in [0.4, 0.5) is 23.0 Å². The Morgan fingerprint density at radius 1 is 0.921 bits per heavy atom. The van der Waals surface area contributed by atoms with Crippen LogP contribution in [0.5, 0.6) is 5.75 Å². The molecule has 198 valence electrons. The molecule has 0 radical (unpaired) electrons. The lowest BCUT2D eigenvalue weighted by Crippen LogP contribution is -2.34.